The van der Waals surface area contributed by atoms with E-state index in [4.69, 9.17) is 4.74 Å². The molecule has 2 aromatic carbocycles. The third kappa shape index (κ3) is 2.12. The zero-order chi connectivity index (χ0) is 16.0. The van der Waals surface area contributed by atoms with Gasteiger partial charge in [0.25, 0.3) is 0 Å². The molecular formula is C18H17N3O2. The molecule has 1 aromatic heterocycles. The van der Waals surface area contributed by atoms with Gasteiger partial charge in [0, 0.05) is 16.8 Å². The highest BCUT2D eigenvalue weighted by molar-refractivity contribution is 5.78. The summed E-state index contributed by atoms with van der Waals surface area (Å²) in [6.07, 6.45) is -0.150. The number of phenols is 1. The summed E-state index contributed by atoms with van der Waals surface area (Å²) in [4.78, 5) is 0. The van der Waals surface area contributed by atoms with E-state index in [9.17, 15) is 5.11 Å². The SMILES string of the molecule is COc1cc([C@@H]2Nc3ccccc3-c3cc(C)nn32)ccc1O. The Bertz CT molecular complexity index is 886. The Morgan fingerprint density at radius 2 is 2.00 bits per heavy atom. The van der Waals surface area contributed by atoms with Gasteiger partial charge >= 0.3 is 0 Å². The lowest BCUT2D eigenvalue weighted by atomic mass is 10.0. The highest BCUT2D eigenvalue weighted by Gasteiger charge is 2.26. The number of anilines is 1. The Kier molecular flexibility index (Phi) is 3.01. The molecule has 0 bridgehead atoms. The second-order valence-electron chi connectivity index (χ2n) is 5.64. The van der Waals surface area contributed by atoms with Gasteiger partial charge < -0.3 is 15.2 Å². The number of para-hydroxylation sites is 1. The lowest BCUT2D eigenvalue weighted by molar-refractivity contribution is 0.372. The zero-order valence-electron chi connectivity index (χ0n) is 12.9. The van der Waals surface area contributed by atoms with Crippen molar-refractivity contribution in [2.75, 3.05) is 12.4 Å². The van der Waals surface area contributed by atoms with E-state index in [1.54, 1.807) is 13.2 Å². The van der Waals surface area contributed by atoms with Crippen molar-refractivity contribution in [3.63, 3.8) is 0 Å². The van der Waals surface area contributed by atoms with Gasteiger partial charge in [-0.15, -0.1) is 0 Å². The van der Waals surface area contributed by atoms with Gasteiger partial charge in [-0.05, 0) is 31.2 Å². The van der Waals surface area contributed by atoms with Crippen LogP contribution in [-0.2, 0) is 0 Å². The number of ether oxygens (including phenoxy) is 1. The number of aryl methyl sites for hydroxylation is 1. The Balaban J connectivity index is 1.88. The van der Waals surface area contributed by atoms with Crippen molar-refractivity contribution >= 4 is 5.69 Å². The normalized spacial score (nSPS) is 15.5. The highest BCUT2D eigenvalue weighted by atomic mass is 16.5. The fraction of sp³-hybridized carbons (Fsp3) is 0.167. The summed E-state index contributed by atoms with van der Waals surface area (Å²) in [6, 6.07) is 15.6. The maximum absolute atomic E-state index is 9.82. The summed E-state index contributed by atoms with van der Waals surface area (Å²) in [5, 5.41) is 18.0. The minimum atomic E-state index is -0.150. The molecule has 0 spiro atoms. The van der Waals surface area contributed by atoms with E-state index in [1.807, 2.05) is 35.9 Å². The largest absolute Gasteiger partial charge is 0.504 e. The molecule has 1 aliphatic rings. The molecule has 2 N–H and O–H groups in total. The molecular weight excluding hydrogens is 290 g/mol. The van der Waals surface area contributed by atoms with E-state index in [0.717, 1.165) is 28.2 Å². The molecule has 0 amide bonds. The van der Waals surface area contributed by atoms with Gasteiger partial charge in [0.2, 0.25) is 0 Å². The molecule has 4 rings (SSSR count). The average molecular weight is 307 g/mol. The number of benzene rings is 2. The van der Waals surface area contributed by atoms with Crippen molar-refractivity contribution in [3.05, 3.63) is 59.8 Å². The number of phenolic OH excluding ortho intramolecular Hbond substituents is 1. The maximum atomic E-state index is 9.82. The van der Waals surface area contributed by atoms with Crippen LogP contribution in [0.5, 0.6) is 11.5 Å². The molecule has 0 saturated heterocycles. The number of hydrogen-bond acceptors (Lipinski definition) is 4. The minimum absolute atomic E-state index is 0.129. The quantitative estimate of drug-likeness (QED) is 0.760. The van der Waals surface area contributed by atoms with Crippen LogP contribution < -0.4 is 10.1 Å². The van der Waals surface area contributed by atoms with E-state index >= 15 is 0 Å². The molecule has 2 heterocycles. The Morgan fingerprint density at radius 1 is 1.17 bits per heavy atom. The number of rotatable bonds is 2. The number of aromatic nitrogens is 2. The van der Waals surface area contributed by atoms with Gasteiger partial charge in [0.1, 0.15) is 6.17 Å². The molecule has 5 nitrogen and oxygen atoms in total. The van der Waals surface area contributed by atoms with Gasteiger partial charge in [-0.25, -0.2) is 4.68 Å². The average Bonchev–Trinajstić information content (AvgIpc) is 2.96. The second kappa shape index (κ2) is 5.05. The van der Waals surface area contributed by atoms with Gasteiger partial charge in [-0.2, -0.15) is 5.10 Å². The predicted octanol–water partition coefficient (Wildman–Crippen LogP) is 3.55. The first-order chi connectivity index (χ1) is 11.2. The van der Waals surface area contributed by atoms with Crippen LogP contribution in [-0.4, -0.2) is 22.0 Å². The fourth-order valence-electron chi connectivity index (χ4n) is 3.04. The summed E-state index contributed by atoms with van der Waals surface area (Å²) in [7, 11) is 1.55. The molecule has 1 aliphatic heterocycles. The molecule has 0 radical (unpaired) electrons. The van der Waals surface area contributed by atoms with Gasteiger partial charge in [-0.1, -0.05) is 24.3 Å². The van der Waals surface area contributed by atoms with Crippen LogP contribution in [0, 0.1) is 6.92 Å². The standard InChI is InChI=1S/C18H17N3O2/c1-11-9-15-13-5-3-4-6-14(13)19-18(21(15)20-11)12-7-8-16(22)17(10-12)23-2/h3-10,18-19,22H,1-2H3/t18-/m1/s1. The molecule has 0 aliphatic carbocycles. The predicted molar refractivity (Wildman–Crippen MR) is 88.8 cm³/mol. The Morgan fingerprint density at radius 3 is 2.83 bits per heavy atom. The third-order valence-corrected chi connectivity index (χ3v) is 4.12. The minimum Gasteiger partial charge on any atom is -0.504 e. The van der Waals surface area contributed by atoms with Crippen molar-refractivity contribution in [1.29, 1.82) is 0 Å². The second-order valence-corrected chi connectivity index (χ2v) is 5.64. The molecule has 0 unspecified atom stereocenters. The first-order valence-electron chi connectivity index (χ1n) is 7.46. The summed E-state index contributed by atoms with van der Waals surface area (Å²) in [5.74, 6) is 0.581. The van der Waals surface area contributed by atoms with Crippen molar-refractivity contribution in [1.82, 2.24) is 9.78 Å². The number of fused-ring (bicyclic) bond motifs is 3. The highest BCUT2D eigenvalue weighted by Crippen LogP contribution is 2.39. The first-order valence-corrected chi connectivity index (χ1v) is 7.46. The lowest BCUT2D eigenvalue weighted by Crippen LogP contribution is -2.25. The van der Waals surface area contributed by atoms with Crippen molar-refractivity contribution in [2.24, 2.45) is 0 Å². The summed E-state index contributed by atoms with van der Waals surface area (Å²) in [5.41, 5.74) is 5.22. The monoisotopic (exact) mass is 307 g/mol. The number of aromatic hydroxyl groups is 1. The van der Waals surface area contributed by atoms with Crippen LogP contribution in [0.4, 0.5) is 5.69 Å². The smallest absolute Gasteiger partial charge is 0.160 e. The number of hydrogen-bond donors (Lipinski definition) is 2. The van der Waals surface area contributed by atoms with Crippen molar-refractivity contribution < 1.29 is 9.84 Å². The molecule has 0 fully saturated rings. The van der Waals surface area contributed by atoms with E-state index < -0.39 is 0 Å². The Labute approximate surface area is 134 Å². The number of methoxy groups -OCH3 is 1. The van der Waals surface area contributed by atoms with Crippen molar-refractivity contribution in [3.8, 4) is 22.8 Å². The molecule has 23 heavy (non-hydrogen) atoms. The summed E-state index contributed by atoms with van der Waals surface area (Å²) >= 11 is 0. The zero-order valence-corrected chi connectivity index (χ0v) is 12.9. The van der Waals surface area contributed by atoms with Crippen LogP contribution in [0.15, 0.2) is 48.5 Å². The van der Waals surface area contributed by atoms with Gasteiger partial charge in [0.15, 0.2) is 11.5 Å². The van der Waals surface area contributed by atoms with E-state index in [1.165, 1.54) is 0 Å². The van der Waals surface area contributed by atoms with E-state index in [0.29, 0.717) is 5.75 Å². The molecule has 3 aromatic rings. The van der Waals surface area contributed by atoms with Crippen LogP contribution in [0.1, 0.15) is 17.4 Å². The topological polar surface area (TPSA) is 59.3 Å². The van der Waals surface area contributed by atoms with Crippen LogP contribution in [0.2, 0.25) is 0 Å². The number of nitrogens with one attached hydrogen (secondary N) is 1. The molecule has 116 valence electrons. The van der Waals surface area contributed by atoms with E-state index in [-0.39, 0.29) is 11.9 Å². The third-order valence-electron chi connectivity index (χ3n) is 4.12. The van der Waals surface area contributed by atoms with Crippen molar-refractivity contribution in [2.45, 2.75) is 13.1 Å². The summed E-state index contributed by atoms with van der Waals surface area (Å²) in [6.45, 7) is 1.99. The maximum Gasteiger partial charge on any atom is 0.160 e. The van der Waals surface area contributed by atoms with Crippen LogP contribution in [0.3, 0.4) is 0 Å². The van der Waals surface area contributed by atoms with Crippen LogP contribution in [0.25, 0.3) is 11.3 Å². The molecule has 1 atom stereocenters. The summed E-state index contributed by atoms with van der Waals surface area (Å²) < 4.78 is 7.21. The van der Waals surface area contributed by atoms with Gasteiger partial charge in [0.05, 0.1) is 18.5 Å². The first kappa shape index (κ1) is 13.7. The number of nitrogens with zero attached hydrogens (tertiary/aromatic N) is 2. The Hall–Kier alpha value is -2.95. The fourth-order valence-corrected chi connectivity index (χ4v) is 3.04. The van der Waals surface area contributed by atoms with Crippen LogP contribution >= 0.6 is 0 Å². The van der Waals surface area contributed by atoms with E-state index in [2.05, 4.69) is 28.6 Å². The molecule has 5 heteroatoms. The molecule has 0 saturated carbocycles. The van der Waals surface area contributed by atoms with Gasteiger partial charge in [-0.3, -0.25) is 0 Å². The lowest BCUT2D eigenvalue weighted by Gasteiger charge is -2.29.